The lowest BCUT2D eigenvalue weighted by Gasteiger charge is -2.31. The molecule has 0 aliphatic carbocycles. The molecule has 0 saturated carbocycles. The van der Waals surface area contributed by atoms with Crippen LogP contribution in [0.25, 0.3) is 10.8 Å². The number of hydrogen-bond donors (Lipinski definition) is 1. The number of benzene rings is 2. The zero-order valence-electron chi connectivity index (χ0n) is 17.4. The van der Waals surface area contributed by atoms with Gasteiger partial charge in [0, 0.05) is 19.2 Å². The first-order valence-electron chi connectivity index (χ1n) is 10.3. The molecule has 1 N–H and O–H groups in total. The summed E-state index contributed by atoms with van der Waals surface area (Å²) in [5.74, 6) is -0.455. The number of H-pyrrole nitrogens is 1. The molecule has 9 nitrogen and oxygen atoms in total. The maximum Gasteiger partial charge on any atom is 0.330 e. The normalized spacial score (nSPS) is 26.5. The molecular formula is C23H22N2O7. The number of esters is 1. The van der Waals surface area contributed by atoms with Crippen LogP contribution < -0.4 is 11.2 Å². The maximum absolute atomic E-state index is 12.4. The van der Waals surface area contributed by atoms with E-state index in [1.54, 1.807) is 0 Å². The monoisotopic (exact) mass is 438 g/mol. The van der Waals surface area contributed by atoms with Gasteiger partial charge in [-0.25, -0.2) is 4.79 Å². The summed E-state index contributed by atoms with van der Waals surface area (Å²) in [5, 5.41) is 2.17. The van der Waals surface area contributed by atoms with E-state index in [0.717, 1.165) is 16.3 Å². The minimum Gasteiger partial charge on any atom is -0.463 e. The van der Waals surface area contributed by atoms with E-state index in [0.29, 0.717) is 0 Å². The van der Waals surface area contributed by atoms with Gasteiger partial charge >= 0.3 is 11.7 Å². The number of carbonyl (C=O) groups is 1. The molecule has 3 heterocycles. The average molecular weight is 438 g/mol. The van der Waals surface area contributed by atoms with Crippen LogP contribution >= 0.6 is 0 Å². The maximum atomic E-state index is 12.4. The lowest BCUT2D eigenvalue weighted by Crippen LogP contribution is -2.47. The number of nitrogens with one attached hydrogen (secondary N) is 1. The van der Waals surface area contributed by atoms with Gasteiger partial charge in [0.15, 0.2) is 11.8 Å². The van der Waals surface area contributed by atoms with Crippen molar-refractivity contribution in [1.29, 1.82) is 0 Å². The van der Waals surface area contributed by atoms with E-state index in [-0.39, 0.29) is 19.8 Å². The summed E-state index contributed by atoms with van der Waals surface area (Å²) >= 11 is 0. The molecule has 1 aromatic heterocycles. The molecular weight excluding hydrogens is 416 g/mol. The zero-order chi connectivity index (χ0) is 22.3. The molecule has 2 aliphatic heterocycles. The van der Waals surface area contributed by atoms with Crippen LogP contribution in [0.15, 0.2) is 64.3 Å². The highest BCUT2D eigenvalue weighted by Crippen LogP contribution is 2.46. The van der Waals surface area contributed by atoms with Crippen LogP contribution in [-0.2, 0) is 30.3 Å². The van der Waals surface area contributed by atoms with Gasteiger partial charge in [0.25, 0.3) is 5.56 Å². The Bertz CT molecular complexity index is 1280. The quantitative estimate of drug-likeness (QED) is 0.581. The molecule has 4 atom stereocenters. The van der Waals surface area contributed by atoms with Crippen molar-refractivity contribution in [2.45, 2.75) is 37.6 Å². The average Bonchev–Trinajstić information content (AvgIpc) is 3.28. The molecule has 9 heteroatoms. The predicted molar refractivity (Wildman–Crippen MR) is 113 cm³/mol. The summed E-state index contributed by atoms with van der Waals surface area (Å²) in [6.45, 7) is 1.67. The van der Waals surface area contributed by atoms with E-state index in [1.165, 1.54) is 23.8 Å². The van der Waals surface area contributed by atoms with Crippen LogP contribution in [0.3, 0.4) is 0 Å². The summed E-state index contributed by atoms with van der Waals surface area (Å²) in [5.41, 5.74) is -1.20. The molecule has 2 aliphatic rings. The minimum absolute atomic E-state index is 0.0758. The second-order valence-electron chi connectivity index (χ2n) is 8.02. The van der Waals surface area contributed by atoms with Gasteiger partial charge in [0.2, 0.25) is 0 Å². The van der Waals surface area contributed by atoms with Crippen LogP contribution in [0.1, 0.15) is 18.7 Å². The Labute approximate surface area is 182 Å². The molecule has 0 radical (unpaired) electrons. The second-order valence-corrected chi connectivity index (χ2v) is 8.02. The van der Waals surface area contributed by atoms with Crippen molar-refractivity contribution >= 4 is 16.7 Å². The van der Waals surface area contributed by atoms with Gasteiger partial charge in [-0.2, -0.15) is 0 Å². The summed E-state index contributed by atoms with van der Waals surface area (Å²) in [4.78, 5) is 37.5. The van der Waals surface area contributed by atoms with Gasteiger partial charge in [-0.05, 0) is 16.3 Å². The number of aromatic nitrogens is 2. The summed E-state index contributed by atoms with van der Waals surface area (Å²) in [6.07, 6.45) is -0.688. The Kier molecular flexibility index (Phi) is 5.16. The van der Waals surface area contributed by atoms with Crippen molar-refractivity contribution in [3.63, 3.8) is 0 Å². The highest BCUT2D eigenvalue weighted by Gasteiger charge is 2.63. The van der Waals surface area contributed by atoms with Crippen molar-refractivity contribution in [3.05, 3.63) is 81.1 Å². The topological polar surface area (TPSA) is 109 Å². The Balaban J connectivity index is 1.45. The first-order chi connectivity index (χ1) is 15.5. The Morgan fingerprint density at radius 3 is 2.81 bits per heavy atom. The highest BCUT2D eigenvalue weighted by molar-refractivity contribution is 5.85. The third kappa shape index (κ3) is 3.54. The van der Waals surface area contributed by atoms with Crippen LogP contribution in [0.5, 0.6) is 0 Å². The van der Waals surface area contributed by atoms with E-state index < -0.39 is 41.3 Å². The summed E-state index contributed by atoms with van der Waals surface area (Å²) in [6, 6.07) is 15.2. The largest absolute Gasteiger partial charge is 0.463 e. The van der Waals surface area contributed by atoms with E-state index >= 15 is 0 Å². The summed E-state index contributed by atoms with van der Waals surface area (Å²) < 4.78 is 25.0. The number of rotatable bonds is 6. The molecule has 2 fully saturated rings. The van der Waals surface area contributed by atoms with Crippen LogP contribution in [-0.4, -0.2) is 46.5 Å². The minimum atomic E-state index is -1.07. The Morgan fingerprint density at radius 2 is 2.00 bits per heavy atom. The molecule has 2 saturated heterocycles. The number of carbonyl (C=O) groups excluding carboxylic acids is 1. The van der Waals surface area contributed by atoms with Crippen LogP contribution in [0, 0.1) is 0 Å². The first-order valence-corrected chi connectivity index (χ1v) is 10.3. The highest BCUT2D eigenvalue weighted by atomic mass is 16.7. The second kappa shape index (κ2) is 8.01. The lowest BCUT2D eigenvalue weighted by atomic mass is 9.99. The SMILES string of the molecule is CC(=O)OC[C@]12CO[C@H]([C@H](n3ccc(=O)[nH]c3=O)O1)[C@H]2OCc1cccc2ccccc12. The predicted octanol–water partition coefficient (Wildman–Crippen LogP) is 1.50. The van der Waals surface area contributed by atoms with Crippen molar-refractivity contribution in [2.75, 3.05) is 13.2 Å². The summed E-state index contributed by atoms with van der Waals surface area (Å²) in [7, 11) is 0. The van der Waals surface area contributed by atoms with Gasteiger partial charge < -0.3 is 18.9 Å². The van der Waals surface area contributed by atoms with Crippen molar-refractivity contribution in [3.8, 4) is 0 Å². The van der Waals surface area contributed by atoms with Gasteiger partial charge in [0.1, 0.15) is 18.8 Å². The third-order valence-electron chi connectivity index (χ3n) is 5.92. The van der Waals surface area contributed by atoms with Crippen molar-refractivity contribution in [2.24, 2.45) is 0 Å². The third-order valence-corrected chi connectivity index (χ3v) is 5.92. The van der Waals surface area contributed by atoms with E-state index in [1.807, 2.05) is 42.5 Å². The van der Waals surface area contributed by atoms with E-state index in [9.17, 15) is 14.4 Å². The van der Waals surface area contributed by atoms with Gasteiger partial charge in [-0.3, -0.25) is 19.1 Å². The molecule has 5 rings (SSSR count). The molecule has 2 aromatic carbocycles. The van der Waals surface area contributed by atoms with Crippen LogP contribution in [0.4, 0.5) is 0 Å². The molecule has 32 heavy (non-hydrogen) atoms. The van der Waals surface area contributed by atoms with Crippen molar-refractivity contribution < 1.29 is 23.7 Å². The van der Waals surface area contributed by atoms with E-state index in [2.05, 4.69) is 4.98 Å². The van der Waals surface area contributed by atoms with Gasteiger partial charge in [-0.15, -0.1) is 0 Å². The smallest absolute Gasteiger partial charge is 0.330 e. The van der Waals surface area contributed by atoms with E-state index in [4.69, 9.17) is 18.9 Å². The number of fused-ring (bicyclic) bond motifs is 3. The fourth-order valence-corrected chi connectivity index (χ4v) is 4.42. The molecule has 0 amide bonds. The fourth-order valence-electron chi connectivity index (χ4n) is 4.42. The zero-order valence-corrected chi connectivity index (χ0v) is 17.4. The fraction of sp³-hybridized carbons (Fsp3) is 0.348. The van der Waals surface area contributed by atoms with Crippen molar-refractivity contribution in [1.82, 2.24) is 9.55 Å². The molecule has 3 aromatic rings. The first kappa shape index (κ1) is 20.6. The van der Waals surface area contributed by atoms with Crippen LogP contribution in [0.2, 0.25) is 0 Å². The Morgan fingerprint density at radius 1 is 1.19 bits per heavy atom. The molecule has 0 spiro atoms. The number of ether oxygens (including phenoxy) is 4. The molecule has 2 bridgehead atoms. The molecule has 0 unspecified atom stereocenters. The lowest BCUT2D eigenvalue weighted by molar-refractivity contribution is -0.198. The van der Waals surface area contributed by atoms with Gasteiger partial charge in [-0.1, -0.05) is 42.5 Å². The molecule has 166 valence electrons. The number of nitrogens with zero attached hydrogens (tertiary/aromatic N) is 1. The number of aromatic amines is 1. The standard InChI is InChI=1S/C23H22N2O7/c1-14(26)30-12-23-13-31-19(21(32-23)25-10-9-18(27)24-22(25)28)20(23)29-11-16-7-4-6-15-5-2-3-8-17(15)16/h2-10,19-21H,11-13H2,1H3,(H,24,27,28)/t19-,20+,21+,23+/m0/s1. The Hall–Kier alpha value is -3.27. The number of hydrogen-bond acceptors (Lipinski definition) is 7. The van der Waals surface area contributed by atoms with Gasteiger partial charge in [0.05, 0.1) is 13.2 Å².